The molecule has 5 heteroatoms. The summed E-state index contributed by atoms with van der Waals surface area (Å²) in [7, 11) is 1.77. The highest BCUT2D eigenvalue weighted by Crippen LogP contribution is 2.30. The Morgan fingerprint density at radius 2 is 1.94 bits per heavy atom. The fourth-order valence-electron chi connectivity index (χ4n) is 1.44. The molecule has 0 bridgehead atoms. The van der Waals surface area contributed by atoms with E-state index >= 15 is 0 Å². The lowest BCUT2D eigenvalue weighted by Gasteiger charge is -2.35. The fraction of sp³-hybridized carbons (Fsp3) is 0.462. The Morgan fingerprint density at radius 1 is 1.39 bits per heavy atom. The van der Waals surface area contributed by atoms with Gasteiger partial charge < -0.3 is 10.6 Å². The van der Waals surface area contributed by atoms with Crippen LogP contribution >= 0.6 is 23.2 Å². The molecule has 0 radical (unpaired) electrons. The third-order valence-corrected chi connectivity index (χ3v) is 4.20. The summed E-state index contributed by atoms with van der Waals surface area (Å²) in [6, 6.07) is 3.10. The topological polar surface area (TPSA) is 46.3 Å². The van der Waals surface area contributed by atoms with Gasteiger partial charge in [-0.15, -0.1) is 0 Å². The molecule has 0 heterocycles. The first-order chi connectivity index (χ1) is 8.20. The van der Waals surface area contributed by atoms with Crippen LogP contribution in [0.15, 0.2) is 12.1 Å². The molecule has 18 heavy (non-hydrogen) atoms. The van der Waals surface area contributed by atoms with E-state index in [0.29, 0.717) is 16.3 Å². The minimum absolute atomic E-state index is 0.118. The maximum absolute atomic E-state index is 12.3. The van der Waals surface area contributed by atoms with Crippen LogP contribution in [0.25, 0.3) is 0 Å². The van der Waals surface area contributed by atoms with Crippen molar-refractivity contribution in [2.24, 2.45) is 0 Å². The molecule has 0 saturated carbocycles. The second-order valence-corrected chi connectivity index (χ2v) is 5.68. The highest BCUT2D eigenvalue weighted by molar-refractivity contribution is 6.43. The van der Waals surface area contributed by atoms with Crippen LogP contribution in [-0.2, 0) is 0 Å². The van der Waals surface area contributed by atoms with Crippen molar-refractivity contribution in [1.29, 1.82) is 0 Å². The van der Waals surface area contributed by atoms with Gasteiger partial charge in [-0.1, -0.05) is 30.1 Å². The van der Waals surface area contributed by atoms with Crippen LogP contribution < -0.4 is 5.73 Å². The lowest BCUT2D eigenvalue weighted by Crippen LogP contribution is -2.44. The first-order valence-electron chi connectivity index (χ1n) is 5.73. The van der Waals surface area contributed by atoms with Crippen molar-refractivity contribution in [3.8, 4) is 0 Å². The predicted molar refractivity (Wildman–Crippen MR) is 77.3 cm³/mol. The van der Waals surface area contributed by atoms with Gasteiger partial charge in [-0.3, -0.25) is 4.79 Å². The van der Waals surface area contributed by atoms with Crippen LogP contribution in [0, 0.1) is 0 Å². The van der Waals surface area contributed by atoms with E-state index in [4.69, 9.17) is 28.9 Å². The fourth-order valence-corrected chi connectivity index (χ4v) is 1.78. The van der Waals surface area contributed by atoms with Crippen molar-refractivity contribution >= 4 is 34.8 Å². The van der Waals surface area contributed by atoms with Crippen LogP contribution in [0.1, 0.15) is 37.6 Å². The van der Waals surface area contributed by atoms with Crippen molar-refractivity contribution in [2.75, 3.05) is 12.8 Å². The summed E-state index contributed by atoms with van der Waals surface area (Å²) in [4.78, 5) is 14.0. The average molecular weight is 289 g/mol. The van der Waals surface area contributed by atoms with Gasteiger partial charge in [-0.2, -0.15) is 0 Å². The molecule has 1 amide bonds. The Bertz CT molecular complexity index is 449. The summed E-state index contributed by atoms with van der Waals surface area (Å²) in [6.07, 6.45) is 0.853. The molecular weight excluding hydrogens is 271 g/mol. The highest BCUT2D eigenvalue weighted by atomic mass is 35.5. The normalized spacial score (nSPS) is 11.4. The van der Waals surface area contributed by atoms with Gasteiger partial charge in [0.05, 0.1) is 15.7 Å². The Labute approximate surface area is 118 Å². The molecule has 0 atom stereocenters. The summed E-state index contributed by atoms with van der Waals surface area (Å²) in [6.45, 7) is 6.05. The molecule has 2 N–H and O–H groups in total. The number of nitrogen functional groups attached to an aromatic ring is 1. The number of halogens is 2. The van der Waals surface area contributed by atoms with Crippen molar-refractivity contribution in [1.82, 2.24) is 4.90 Å². The van der Waals surface area contributed by atoms with Gasteiger partial charge >= 0.3 is 0 Å². The summed E-state index contributed by atoms with van der Waals surface area (Å²) < 4.78 is 0. The molecule has 0 aliphatic carbocycles. The summed E-state index contributed by atoms with van der Waals surface area (Å²) in [5, 5.41) is 0.577. The average Bonchev–Trinajstić information content (AvgIpc) is 2.33. The Kier molecular flexibility index (Phi) is 4.51. The van der Waals surface area contributed by atoms with Gasteiger partial charge in [0.25, 0.3) is 5.91 Å². The number of carbonyl (C=O) groups excluding carboxylic acids is 1. The zero-order chi connectivity index (χ0) is 14.1. The number of nitrogens with zero attached hydrogens (tertiary/aromatic N) is 1. The van der Waals surface area contributed by atoms with E-state index in [1.165, 1.54) is 0 Å². The van der Waals surface area contributed by atoms with Crippen LogP contribution in [0.3, 0.4) is 0 Å². The van der Waals surface area contributed by atoms with Crippen molar-refractivity contribution < 1.29 is 4.79 Å². The quantitative estimate of drug-likeness (QED) is 0.859. The van der Waals surface area contributed by atoms with Gasteiger partial charge in [0.1, 0.15) is 0 Å². The number of benzene rings is 1. The number of rotatable bonds is 3. The second-order valence-electron chi connectivity index (χ2n) is 4.89. The molecule has 0 aliphatic rings. The number of anilines is 1. The zero-order valence-corrected chi connectivity index (χ0v) is 12.6. The third-order valence-electron chi connectivity index (χ3n) is 3.38. The van der Waals surface area contributed by atoms with Crippen LogP contribution in [0.4, 0.5) is 5.69 Å². The van der Waals surface area contributed by atoms with Crippen LogP contribution in [-0.4, -0.2) is 23.4 Å². The van der Waals surface area contributed by atoms with Crippen LogP contribution in [0.5, 0.6) is 0 Å². The SMILES string of the molecule is CCC(C)(C)N(C)C(=O)c1cc(N)c(Cl)c(Cl)c1. The maximum Gasteiger partial charge on any atom is 0.254 e. The zero-order valence-electron chi connectivity index (χ0n) is 11.1. The summed E-state index contributed by atoms with van der Waals surface area (Å²) in [5.41, 5.74) is 6.25. The van der Waals surface area contributed by atoms with E-state index in [1.807, 2.05) is 20.8 Å². The number of hydrogen-bond acceptors (Lipinski definition) is 2. The van der Waals surface area contributed by atoms with Crippen molar-refractivity contribution in [3.05, 3.63) is 27.7 Å². The maximum atomic E-state index is 12.3. The molecular formula is C13H18Cl2N2O. The number of hydrogen-bond donors (Lipinski definition) is 1. The Balaban J connectivity index is 3.12. The molecule has 0 spiro atoms. The molecule has 0 aromatic heterocycles. The molecule has 0 fully saturated rings. The molecule has 0 saturated heterocycles. The number of carbonyl (C=O) groups is 1. The molecule has 100 valence electrons. The Hall–Kier alpha value is -0.930. The van der Waals surface area contributed by atoms with E-state index in [2.05, 4.69) is 0 Å². The van der Waals surface area contributed by atoms with E-state index in [-0.39, 0.29) is 16.5 Å². The van der Waals surface area contributed by atoms with Gasteiger partial charge in [0.15, 0.2) is 0 Å². The lowest BCUT2D eigenvalue weighted by molar-refractivity contribution is 0.0620. The first kappa shape index (κ1) is 15.1. The monoisotopic (exact) mass is 288 g/mol. The molecule has 3 nitrogen and oxygen atoms in total. The van der Waals surface area contributed by atoms with E-state index in [9.17, 15) is 4.79 Å². The number of amides is 1. The summed E-state index contributed by atoms with van der Waals surface area (Å²) >= 11 is 11.8. The molecule has 0 unspecified atom stereocenters. The molecule has 0 aliphatic heterocycles. The van der Waals surface area contributed by atoms with Gasteiger partial charge in [-0.25, -0.2) is 0 Å². The van der Waals surface area contributed by atoms with E-state index in [1.54, 1.807) is 24.1 Å². The van der Waals surface area contributed by atoms with Crippen molar-refractivity contribution in [3.63, 3.8) is 0 Å². The second kappa shape index (κ2) is 5.37. The molecule has 1 aromatic carbocycles. The predicted octanol–water partition coefficient (Wildman–Crippen LogP) is 3.84. The van der Waals surface area contributed by atoms with E-state index in [0.717, 1.165) is 6.42 Å². The van der Waals surface area contributed by atoms with Crippen LogP contribution in [0.2, 0.25) is 10.0 Å². The Morgan fingerprint density at radius 3 is 2.39 bits per heavy atom. The summed E-state index contributed by atoms with van der Waals surface area (Å²) in [5.74, 6) is -0.118. The minimum atomic E-state index is -0.224. The molecule has 1 aromatic rings. The van der Waals surface area contributed by atoms with Gasteiger partial charge in [0.2, 0.25) is 0 Å². The lowest BCUT2D eigenvalue weighted by atomic mass is 9.99. The molecule has 1 rings (SSSR count). The van der Waals surface area contributed by atoms with E-state index < -0.39 is 0 Å². The minimum Gasteiger partial charge on any atom is -0.397 e. The standard InChI is InChI=1S/C13H18Cl2N2O/c1-5-13(2,3)17(4)12(18)8-6-9(14)11(15)10(16)7-8/h6-7H,5,16H2,1-4H3. The van der Waals surface area contributed by atoms with Gasteiger partial charge in [-0.05, 0) is 32.4 Å². The highest BCUT2D eigenvalue weighted by Gasteiger charge is 2.27. The first-order valence-corrected chi connectivity index (χ1v) is 6.49. The smallest absolute Gasteiger partial charge is 0.254 e. The third kappa shape index (κ3) is 2.90. The van der Waals surface area contributed by atoms with Crippen molar-refractivity contribution in [2.45, 2.75) is 32.7 Å². The van der Waals surface area contributed by atoms with Gasteiger partial charge in [0, 0.05) is 18.2 Å². The number of nitrogens with two attached hydrogens (primary N) is 1. The largest absolute Gasteiger partial charge is 0.397 e.